The Morgan fingerprint density at radius 1 is 0.950 bits per heavy atom. The number of hydrogen-bond acceptors (Lipinski definition) is 6. The van der Waals surface area contributed by atoms with Gasteiger partial charge in [-0.1, -0.05) is 12.2 Å². The van der Waals surface area contributed by atoms with E-state index in [1.165, 1.54) is 26.0 Å². The van der Waals surface area contributed by atoms with Gasteiger partial charge in [0.2, 0.25) is 11.6 Å². The first kappa shape index (κ1) is 18.1. The first-order valence-electron chi connectivity index (χ1n) is 5.92. The Labute approximate surface area is 118 Å². The van der Waals surface area contributed by atoms with Crippen molar-refractivity contribution in [3.05, 3.63) is 37.5 Å². The van der Waals surface area contributed by atoms with Crippen LogP contribution in [-0.4, -0.2) is 33.7 Å². The van der Waals surface area contributed by atoms with Crippen molar-refractivity contribution < 1.29 is 29.3 Å². The van der Waals surface area contributed by atoms with Gasteiger partial charge in [0.25, 0.3) is 0 Å². The predicted molar refractivity (Wildman–Crippen MR) is 72.2 cm³/mol. The number of carbonyl (C=O) groups is 2. The van der Waals surface area contributed by atoms with E-state index in [2.05, 4.69) is 22.6 Å². The van der Waals surface area contributed by atoms with Crippen LogP contribution in [0.4, 0.5) is 0 Å². The van der Waals surface area contributed by atoms with E-state index in [4.69, 9.17) is 0 Å². The second-order valence-corrected chi connectivity index (χ2v) is 4.51. The van der Waals surface area contributed by atoms with Gasteiger partial charge in [-0.25, -0.2) is 9.59 Å². The average Bonchev–Trinajstić information content (AvgIpc) is 2.24. The summed E-state index contributed by atoms with van der Waals surface area (Å²) in [6.07, 6.45) is 4.46. The zero-order chi connectivity index (χ0) is 15.8. The average molecular weight is 284 g/mol. The van der Waals surface area contributed by atoms with Crippen LogP contribution in [-0.2, 0) is 19.1 Å². The molecule has 6 nitrogen and oxygen atoms in total. The molecule has 6 heteroatoms. The second-order valence-electron chi connectivity index (χ2n) is 4.51. The van der Waals surface area contributed by atoms with Crippen LogP contribution >= 0.6 is 0 Å². The van der Waals surface area contributed by atoms with E-state index in [1.54, 1.807) is 0 Å². The van der Waals surface area contributed by atoms with Crippen molar-refractivity contribution in [1.82, 2.24) is 0 Å². The van der Waals surface area contributed by atoms with Crippen molar-refractivity contribution in [2.24, 2.45) is 0 Å². The van der Waals surface area contributed by atoms with Crippen LogP contribution in [0, 0.1) is 0 Å². The van der Waals surface area contributed by atoms with Crippen molar-refractivity contribution in [3.8, 4) is 0 Å². The number of esters is 2. The number of hydrogen-bond donors (Lipinski definition) is 2. The van der Waals surface area contributed by atoms with Crippen LogP contribution in [0.5, 0.6) is 0 Å². The summed E-state index contributed by atoms with van der Waals surface area (Å²) in [6.45, 7) is 9.38. The van der Waals surface area contributed by atoms with Crippen molar-refractivity contribution in [2.45, 2.75) is 38.3 Å². The molecule has 0 bridgehead atoms. The lowest BCUT2D eigenvalue weighted by Gasteiger charge is -2.21. The minimum absolute atomic E-state index is 0.0467. The Morgan fingerprint density at radius 3 is 1.50 bits per heavy atom. The van der Waals surface area contributed by atoms with Gasteiger partial charge in [-0.2, -0.15) is 0 Å². The van der Waals surface area contributed by atoms with E-state index >= 15 is 0 Å². The highest BCUT2D eigenvalue weighted by molar-refractivity contribution is 5.91. The third-order valence-corrected chi connectivity index (χ3v) is 2.04. The van der Waals surface area contributed by atoms with E-state index < -0.39 is 23.5 Å². The Kier molecular flexibility index (Phi) is 6.89. The van der Waals surface area contributed by atoms with Crippen molar-refractivity contribution in [1.29, 1.82) is 0 Å². The van der Waals surface area contributed by atoms with Gasteiger partial charge >= 0.3 is 11.9 Å². The summed E-state index contributed by atoms with van der Waals surface area (Å²) in [7, 11) is 0. The van der Waals surface area contributed by atoms with Crippen LogP contribution in [0.25, 0.3) is 0 Å². The molecular formula is C14H20O6. The molecule has 0 aliphatic heterocycles. The fourth-order valence-corrected chi connectivity index (χ4v) is 1.26. The van der Waals surface area contributed by atoms with Gasteiger partial charge in [0.1, 0.15) is 0 Å². The van der Waals surface area contributed by atoms with Gasteiger partial charge < -0.3 is 19.7 Å². The third-order valence-electron chi connectivity index (χ3n) is 2.04. The molecule has 2 unspecified atom stereocenters. The van der Waals surface area contributed by atoms with Gasteiger partial charge in [-0.15, -0.1) is 13.2 Å². The van der Waals surface area contributed by atoms with Crippen LogP contribution in [0.1, 0.15) is 26.7 Å². The zero-order valence-electron chi connectivity index (χ0n) is 11.7. The van der Waals surface area contributed by atoms with E-state index in [0.29, 0.717) is 0 Å². The fourth-order valence-electron chi connectivity index (χ4n) is 1.26. The Bertz CT molecular complexity index is 368. The second kappa shape index (κ2) is 7.62. The fraction of sp³-hybridized carbons (Fsp3) is 0.429. The lowest BCUT2D eigenvalue weighted by Crippen LogP contribution is -2.31. The number of ether oxygens (including phenoxy) is 2. The quantitative estimate of drug-likeness (QED) is 0.301. The zero-order valence-corrected chi connectivity index (χ0v) is 11.7. The molecule has 0 aliphatic rings. The molecule has 0 aromatic rings. The highest BCUT2D eigenvalue weighted by Crippen LogP contribution is 2.13. The number of carbonyl (C=O) groups excluding carboxylic acids is 2. The summed E-state index contributed by atoms with van der Waals surface area (Å²) in [5.41, 5.74) is 0. The van der Waals surface area contributed by atoms with Gasteiger partial charge in [0, 0.05) is 38.8 Å². The molecule has 0 fully saturated rings. The van der Waals surface area contributed by atoms with Crippen LogP contribution in [0.2, 0.25) is 0 Å². The largest absolute Gasteiger partial charge is 0.430 e. The molecule has 0 aliphatic carbocycles. The molecule has 0 spiro atoms. The first-order valence-corrected chi connectivity index (χ1v) is 5.92. The first-order chi connectivity index (χ1) is 9.12. The summed E-state index contributed by atoms with van der Waals surface area (Å²) >= 11 is 0. The summed E-state index contributed by atoms with van der Waals surface area (Å²) in [5, 5.41) is 19.2. The molecular weight excluding hydrogens is 264 g/mol. The van der Waals surface area contributed by atoms with E-state index in [-0.39, 0.29) is 12.8 Å². The highest BCUT2D eigenvalue weighted by atomic mass is 16.7. The standard InChI is InChI=1S/C14H20O6/c1-5-9-13(3,17)19-11(15)7-8-12(16)20-14(4,18)10-6-2/h5-8,17-18H,1-2,9-10H2,3-4H3/b8-7+. The molecule has 2 atom stereocenters. The number of rotatable bonds is 8. The summed E-state index contributed by atoms with van der Waals surface area (Å²) in [5.74, 6) is -5.22. The molecule has 0 heterocycles. The Balaban J connectivity index is 4.42. The van der Waals surface area contributed by atoms with Gasteiger partial charge in [-0.3, -0.25) is 0 Å². The minimum Gasteiger partial charge on any atom is -0.430 e. The highest BCUT2D eigenvalue weighted by Gasteiger charge is 2.24. The van der Waals surface area contributed by atoms with Crippen molar-refractivity contribution in [2.75, 3.05) is 0 Å². The molecule has 112 valence electrons. The maximum atomic E-state index is 11.3. The molecule has 0 rings (SSSR count). The smallest absolute Gasteiger partial charge is 0.333 e. The Hall–Kier alpha value is -1.92. The lowest BCUT2D eigenvalue weighted by atomic mass is 10.2. The molecule has 0 aromatic heterocycles. The molecule has 0 saturated heterocycles. The van der Waals surface area contributed by atoms with E-state index in [1.807, 2.05) is 0 Å². The maximum absolute atomic E-state index is 11.3. The van der Waals surface area contributed by atoms with Crippen LogP contribution in [0.3, 0.4) is 0 Å². The monoisotopic (exact) mass is 284 g/mol. The SMILES string of the molecule is C=CCC(C)(O)OC(=O)/C=C/C(=O)OC(C)(O)CC=C. The van der Waals surface area contributed by atoms with Gasteiger partial charge in [0.05, 0.1) is 0 Å². The molecule has 20 heavy (non-hydrogen) atoms. The summed E-state index contributed by atoms with van der Waals surface area (Å²) < 4.78 is 9.36. The number of aliphatic hydroxyl groups is 2. The predicted octanol–water partition coefficient (Wildman–Crippen LogP) is 1.20. The molecule has 2 N–H and O–H groups in total. The van der Waals surface area contributed by atoms with Crippen LogP contribution in [0.15, 0.2) is 37.5 Å². The van der Waals surface area contributed by atoms with Gasteiger partial charge in [-0.05, 0) is 0 Å². The van der Waals surface area contributed by atoms with Crippen molar-refractivity contribution in [3.63, 3.8) is 0 Å². The molecule has 0 radical (unpaired) electrons. The Morgan fingerprint density at radius 2 is 1.25 bits per heavy atom. The lowest BCUT2D eigenvalue weighted by molar-refractivity contribution is -0.198. The van der Waals surface area contributed by atoms with Gasteiger partial charge in [0.15, 0.2) is 0 Å². The van der Waals surface area contributed by atoms with E-state index in [0.717, 1.165) is 12.2 Å². The van der Waals surface area contributed by atoms with Crippen molar-refractivity contribution >= 4 is 11.9 Å². The van der Waals surface area contributed by atoms with E-state index in [9.17, 15) is 19.8 Å². The minimum atomic E-state index is -1.69. The molecule has 0 aromatic carbocycles. The normalized spacial score (nSPS) is 16.8. The molecule has 0 amide bonds. The van der Waals surface area contributed by atoms with Crippen LogP contribution < -0.4 is 0 Å². The summed E-state index contributed by atoms with van der Waals surface area (Å²) in [6, 6.07) is 0. The topological polar surface area (TPSA) is 93.1 Å². The maximum Gasteiger partial charge on any atom is 0.333 e. The summed E-state index contributed by atoms with van der Waals surface area (Å²) in [4.78, 5) is 22.7. The molecule has 0 saturated carbocycles. The third kappa shape index (κ3) is 8.23.